The predicted molar refractivity (Wildman–Crippen MR) is 103 cm³/mol. The molecule has 0 saturated heterocycles. The Bertz CT molecular complexity index is 1100. The number of ether oxygens (including phenoxy) is 1. The summed E-state index contributed by atoms with van der Waals surface area (Å²) in [6.07, 6.45) is -1.18. The van der Waals surface area contributed by atoms with Crippen molar-refractivity contribution >= 4 is 32.9 Å². The second kappa shape index (κ2) is 8.27. The fourth-order valence-electron chi connectivity index (χ4n) is 2.50. The maximum absolute atomic E-state index is 14.4. The normalized spacial score (nSPS) is 12.4. The van der Waals surface area contributed by atoms with Gasteiger partial charge >= 0.3 is 0 Å². The highest BCUT2D eigenvalue weighted by atomic mass is 32.2. The number of hydrogen-bond acceptors (Lipinski definition) is 7. The lowest BCUT2D eigenvalue weighted by atomic mass is 10.1. The largest absolute Gasteiger partial charge is 0.497 e. The van der Waals surface area contributed by atoms with E-state index in [0.29, 0.717) is 5.75 Å². The second-order valence-corrected chi connectivity index (χ2v) is 8.10. The Labute approximate surface area is 168 Å². The summed E-state index contributed by atoms with van der Waals surface area (Å²) in [6, 6.07) is 5.35. The number of thiazole rings is 1. The van der Waals surface area contributed by atoms with E-state index in [9.17, 15) is 21.6 Å². The predicted octanol–water partition coefficient (Wildman–Crippen LogP) is 3.44. The molecule has 3 rings (SSSR count). The van der Waals surface area contributed by atoms with E-state index in [2.05, 4.69) is 10.3 Å². The monoisotopic (exact) mass is 444 g/mol. The Morgan fingerprint density at radius 2 is 1.83 bits per heavy atom. The first kappa shape index (κ1) is 20.9. The number of aromatic nitrogens is 1. The van der Waals surface area contributed by atoms with Crippen molar-refractivity contribution in [1.82, 2.24) is 4.98 Å². The lowest BCUT2D eigenvalue weighted by molar-refractivity contribution is 0.412. The van der Waals surface area contributed by atoms with Crippen LogP contribution in [0.15, 0.2) is 46.1 Å². The standard InChI is InChI=1S/C17H15F3N4O3S2/c1-27-10-2-3-12(18)11(6-10)17(21)23-9-4-13(19)16(14(20)5-9)29(25,26)24-15-7-28-8-22-15/h2-8,17,23-24H,21H2,1H3/t17-/m1/s1. The molecule has 0 radical (unpaired) electrons. The molecular formula is C17H15F3N4O3S2. The van der Waals surface area contributed by atoms with Gasteiger partial charge in [-0.25, -0.2) is 26.6 Å². The van der Waals surface area contributed by atoms with Crippen LogP contribution >= 0.6 is 11.3 Å². The van der Waals surface area contributed by atoms with E-state index in [1.54, 1.807) is 0 Å². The maximum Gasteiger partial charge on any atom is 0.268 e. The van der Waals surface area contributed by atoms with E-state index in [-0.39, 0.29) is 17.1 Å². The molecule has 0 unspecified atom stereocenters. The molecule has 29 heavy (non-hydrogen) atoms. The Morgan fingerprint density at radius 1 is 1.14 bits per heavy atom. The van der Waals surface area contributed by atoms with E-state index in [1.807, 2.05) is 4.72 Å². The van der Waals surface area contributed by atoms with Gasteiger partial charge in [0.25, 0.3) is 10.0 Å². The van der Waals surface area contributed by atoms with Crippen molar-refractivity contribution in [3.63, 3.8) is 0 Å². The number of hydrogen-bond donors (Lipinski definition) is 3. The van der Waals surface area contributed by atoms with Crippen LogP contribution < -0.4 is 20.5 Å². The summed E-state index contributed by atoms with van der Waals surface area (Å²) in [5.41, 5.74) is 7.05. The number of nitrogens with one attached hydrogen (secondary N) is 2. The molecule has 154 valence electrons. The molecule has 0 aliphatic carbocycles. The van der Waals surface area contributed by atoms with Crippen LogP contribution in [0.1, 0.15) is 11.7 Å². The number of methoxy groups -OCH3 is 1. The molecule has 0 aliphatic rings. The number of rotatable bonds is 7. The van der Waals surface area contributed by atoms with Crippen molar-refractivity contribution in [2.45, 2.75) is 11.1 Å². The van der Waals surface area contributed by atoms with Gasteiger partial charge in [0.1, 0.15) is 29.4 Å². The molecule has 0 amide bonds. The number of anilines is 2. The van der Waals surface area contributed by atoms with Gasteiger partial charge in [0.15, 0.2) is 10.7 Å². The molecule has 7 nitrogen and oxygen atoms in total. The number of sulfonamides is 1. The number of nitrogens with zero attached hydrogens (tertiary/aromatic N) is 1. The molecule has 0 aliphatic heterocycles. The van der Waals surface area contributed by atoms with Crippen LogP contribution in [0, 0.1) is 17.5 Å². The van der Waals surface area contributed by atoms with Gasteiger partial charge in [-0.3, -0.25) is 4.72 Å². The third-order valence-electron chi connectivity index (χ3n) is 3.80. The van der Waals surface area contributed by atoms with Crippen molar-refractivity contribution in [2.24, 2.45) is 5.73 Å². The molecule has 1 aromatic heterocycles. The highest BCUT2D eigenvalue weighted by molar-refractivity contribution is 7.92. The maximum atomic E-state index is 14.4. The lowest BCUT2D eigenvalue weighted by Crippen LogP contribution is -2.22. The first-order valence-electron chi connectivity index (χ1n) is 7.97. The Hall–Kier alpha value is -2.83. The van der Waals surface area contributed by atoms with Gasteiger partial charge in [-0.2, -0.15) is 0 Å². The average molecular weight is 444 g/mol. The zero-order valence-corrected chi connectivity index (χ0v) is 16.5. The zero-order valence-electron chi connectivity index (χ0n) is 14.8. The third kappa shape index (κ3) is 4.60. The fraction of sp³-hybridized carbons (Fsp3) is 0.118. The van der Waals surface area contributed by atoms with E-state index in [4.69, 9.17) is 10.5 Å². The zero-order chi connectivity index (χ0) is 21.2. The summed E-state index contributed by atoms with van der Waals surface area (Å²) >= 11 is 1.11. The van der Waals surface area contributed by atoms with Crippen LogP contribution in [-0.2, 0) is 10.0 Å². The number of benzene rings is 2. The molecule has 1 heterocycles. The van der Waals surface area contributed by atoms with Gasteiger partial charge < -0.3 is 15.8 Å². The van der Waals surface area contributed by atoms with Crippen molar-refractivity contribution in [1.29, 1.82) is 0 Å². The Morgan fingerprint density at radius 3 is 2.41 bits per heavy atom. The minimum atomic E-state index is -4.55. The second-order valence-electron chi connectivity index (χ2n) is 5.76. The third-order valence-corrected chi connectivity index (χ3v) is 5.79. The lowest BCUT2D eigenvalue weighted by Gasteiger charge is -2.18. The van der Waals surface area contributed by atoms with Crippen LogP contribution in [0.25, 0.3) is 0 Å². The van der Waals surface area contributed by atoms with Gasteiger partial charge in [-0.1, -0.05) is 0 Å². The van der Waals surface area contributed by atoms with Crippen LogP contribution in [0.3, 0.4) is 0 Å². The summed E-state index contributed by atoms with van der Waals surface area (Å²) < 4.78 is 74.4. The SMILES string of the molecule is COc1ccc(F)c([C@H](N)Nc2cc(F)c(S(=O)(=O)Nc3cscn3)c(F)c2)c1. The van der Waals surface area contributed by atoms with E-state index in [0.717, 1.165) is 29.5 Å². The Kier molecular flexibility index (Phi) is 5.96. The average Bonchev–Trinajstić information content (AvgIpc) is 3.13. The van der Waals surface area contributed by atoms with E-state index in [1.165, 1.54) is 30.1 Å². The van der Waals surface area contributed by atoms with Crippen LogP contribution in [0.5, 0.6) is 5.75 Å². The number of halogens is 3. The highest BCUT2D eigenvalue weighted by Crippen LogP contribution is 2.28. The summed E-state index contributed by atoms with van der Waals surface area (Å²) in [4.78, 5) is 2.54. The highest BCUT2D eigenvalue weighted by Gasteiger charge is 2.26. The summed E-state index contributed by atoms with van der Waals surface area (Å²) in [5.74, 6) is -3.09. The molecule has 12 heteroatoms. The molecule has 3 aromatic rings. The first-order valence-corrected chi connectivity index (χ1v) is 10.4. The molecule has 4 N–H and O–H groups in total. The quantitative estimate of drug-likeness (QED) is 0.482. The van der Waals surface area contributed by atoms with Crippen LogP contribution in [-0.4, -0.2) is 20.5 Å². The summed E-state index contributed by atoms with van der Waals surface area (Å²) in [7, 11) is -3.16. The van der Waals surface area contributed by atoms with Crippen molar-refractivity contribution in [2.75, 3.05) is 17.1 Å². The molecule has 2 aromatic carbocycles. The molecule has 0 spiro atoms. The molecule has 0 fully saturated rings. The van der Waals surface area contributed by atoms with Crippen molar-refractivity contribution in [3.05, 3.63) is 64.2 Å². The van der Waals surface area contributed by atoms with Gasteiger partial charge in [-0.05, 0) is 30.3 Å². The van der Waals surface area contributed by atoms with E-state index < -0.39 is 38.5 Å². The van der Waals surface area contributed by atoms with Crippen LogP contribution in [0.4, 0.5) is 24.7 Å². The fourth-order valence-corrected chi connectivity index (χ4v) is 4.17. The van der Waals surface area contributed by atoms with Crippen LogP contribution in [0.2, 0.25) is 0 Å². The van der Waals surface area contributed by atoms with Crippen molar-refractivity contribution < 1.29 is 26.3 Å². The summed E-state index contributed by atoms with van der Waals surface area (Å²) in [6.45, 7) is 0. The minimum absolute atomic E-state index is 0.00735. The molecule has 0 bridgehead atoms. The number of nitrogens with two attached hydrogens (primary N) is 1. The van der Waals surface area contributed by atoms with Crippen molar-refractivity contribution in [3.8, 4) is 5.75 Å². The topological polar surface area (TPSA) is 106 Å². The minimum Gasteiger partial charge on any atom is -0.497 e. The van der Waals surface area contributed by atoms with E-state index >= 15 is 0 Å². The smallest absolute Gasteiger partial charge is 0.268 e. The van der Waals surface area contributed by atoms with Gasteiger partial charge in [-0.15, -0.1) is 11.3 Å². The Balaban J connectivity index is 1.88. The molecule has 0 saturated carbocycles. The summed E-state index contributed by atoms with van der Waals surface area (Å²) in [5, 5.41) is 3.90. The van der Waals surface area contributed by atoms with Gasteiger partial charge in [0, 0.05) is 16.6 Å². The van der Waals surface area contributed by atoms with Gasteiger partial charge in [0.2, 0.25) is 0 Å². The molecule has 1 atom stereocenters. The molecular weight excluding hydrogens is 429 g/mol. The van der Waals surface area contributed by atoms with Gasteiger partial charge in [0.05, 0.1) is 12.6 Å². The first-order chi connectivity index (χ1) is 13.7.